The van der Waals surface area contributed by atoms with Crippen LogP contribution in [-0.4, -0.2) is 91.5 Å². The van der Waals surface area contributed by atoms with Gasteiger partial charge in [0.25, 0.3) is 0 Å². The molecule has 615 valence electrons. The Kier molecular flexibility index (Phi) is 22.5. The molecule has 15 aromatic carbocycles. The molecular formula is C104H94B5O15. The summed E-state index contributed by atoms with van der Waals surface area (Å²) >= 11 is 0. The summed E-state index contributed by atoms with van der Waals surface area (Å²) in [5.41, 5.74) is 12.8. The quantitative estimate of drug-likeness (QED) is 0.108. The Balaban J connectivity index is 0.0000000990. The zero-order chi connectivity index (χ0) is 84.2. The van der Waals surface area contributed by atoms with Crippen LogP contribution in [0.15, 0.2) is 289 Å². The molecule has 2 aliphatic carbocycles. The molecule has 20 aromatic rings. The fourth-order valence-corrected chi connectivity index (χ4v) is 18.8. The molecule has 5 aromatic heterocycles. The van der Waals surface area contributed by atoms with Gasteiger partial charge in [-0.15, -0.1) is 0 Å². The van der Waals surface area contributed by atoms with Crippen LogP contribution in [-0.2, 0) is 37.2 Å². The van der Waals surface area contributed by atoms with Crippen LogP contribution in [0.3, 0.4) is 0 Å². The van der Waals surface area contributed by atoms with E-state index in [-0.39, 0.29) is 37.6 Å². The van der Waals surface area contributed by atoms with Crippen LogP contribution in [0, 0.1) is 6.92 Å². The number of benzene rings is 15. The summed E-state index contributed by atoms with van der Waals surface area (Å²) < 4.78 is 85.1. The van der Waals surface area contributed by atoms with E-state index in [1.54, 1.807) is 7.11 Å². The molecule has 4 fully saturated rings. The van der Waals surface area contributed by atoms with E-state index in [1.807, 2.05) is 110 Å². The lowest BCUT2D eigenvalue weighted by molar-refractivity contribution is 0.00578. The second-order valence-corrected chi connectivity index (χ2v) is 33.9. The molecule has 0 unspecified atom stereocenters. The maximum Gasteiger partial charge on any atom is 0.569 e. The van der Waals surface area contributed by atoms with Gasteiger partial charge in [0.2, 0.25) is 0 Å². The Morgan fingerprint density at radius 2 is 0.710 bits per heavy atom. The third kappa shape index (κ3) is 15.2. The number of hydrogen-bond acceptors (Lipinski definition) is 15. The largest absolute Gasteiger partial charge is 0.569 e. The molecule has 2 saturated carbocycles. The van der Waals surface area contributed by atoms with Gasteiger partial charge in [-0.25, -0.2) is 0 Å². The molecule has 2 aliphatic heterocycles. The molecule has 24 rings (SSSR count). The van der Waals surface area contributed by atoms with E-state index in [0.717, 1.165) is 168 Å². The number of furan rings is 5. The summed E-state index contributed by atoms with van der Waals surface area (Å²) in [6, 6.07) is 91.2. The van der Waals surface area contributed by atoms with Crippen LogP contribution in [0.1, 0.15) is 104 Å². The van der Waals surface area contributed by atoms with Crippen LogP contribution in [0.4, 0.5) is 0 Å². The van der Waals surface area contributed by atoms with Crippen molar-refractivity contribution in [3.8, 4) is 5.75 Å². The van der Waals surface area contributed by atoms with Gasteiger partial charge in [0.1, 0.15) is 56.0 Å². The van der Waals surface area contributed by atoms with E-state index < -0.39 is 14.2 Å². The second kappa shape index (κ2) is 34.5. The van der Waals surface area contributed by atoms with Gasteiger partial charge in [0.15, 0.2) is 5.58 Å². The van der Waals surface area contributed by atoms with E-state index in [0.29, 0.717) is 38.8 Å². The van der Waals surface area contributed by atoms with Gasteiger partial charge in [0.05, 0.1) is 24.4 Å². The first-order valence-corrected chi connectivity index (χ1v) is 43.6. The lowest BCUT2D eigenvalue weighted by Crippen LogP contribution is -2.44. The Morgan fingerprint density at radius 1 is 0.371 bits per heavy atom. The minimum atomic E-state index is -0.451. The van der Waals surface area contributed by atoms with Crippen molar-refractivity contribution in [1.82, 2.24) is 0 Å². The zero-order valence-corrected chi connectivity index (χ0v) is 70.8. The van der Waals surface area contributed by atoms with E-state index in [9.17, 15) is 0 Å². The predicted molar refractivity (Wildman–Crippen MR) is 508 cm³/mol. The molecule has 0 bridgehead atoms. The highest BCUT2D eigenvalue weighted by atomic mass is 16.7. The predicted octanol–water partition coefficient (Wildman–Crippen LogP) is 23.7. The normalized spacial score (nSPS) is 15.6. The molecule has 20 heteroatoms. The van der Waals surface area contributed by atoms with Crippen LogP contribution < -0.4 is 26.5 Å². The highest BCUT2D eigenvalue weighted by Crippen LogP contribution is 2.45. The fraction of sp³-hybridized carbons (Fsp3) is 0.231. The van der Waals surface area contributed by atoms with Crippen molar-refractivity contribution in [1.29, 1.82) is 0 Å². The van der Waals surface area contributed by atoms with Crippen LogP contribution in [0.5, 0.6) is 5.75 Å². The van der Waals surface area contributed by atoms with E-state index >= 15 is 0 Å². The van der Waals surface area contributed by atoms with E-state index in [2.05, 4.69) is 198 Å². The van der Waals surface area contributed by atoms with Crippen molar-refractivity contribution >= 4 is 222 Å². The summed E-state index contributed by atoms with van der Waals surface area (Å²) in [5.74, 6) is 0.514. The van der Waals surface area contributed by atoms with Gasteiger partial charge in [-0.2, -0.15) is 0 Å². The van der Waals surface area contributed by atoms with Crippen LogP contribution >= 0.6 is 0 Å². The summed E-state index contributed by atoms with van der Waals surface area (Å²) in [7, 11) is 0.730. The lowest BCUT2D eigenvalue weighted by atomic mass is 9.75. The van der Waals surface area contributed by atoms with Crippen molar-refractivity contribution < 1.29 is 69.0 Å². The smallest absolute Gasteiger partial charge is 0.535 e. The number of fused-ring (bicyclic) bond motifs is 25. The van der Waals surface area contributed by atoms with Gasteiger partial charge >= 0.3 is 36.2 Å². The third-order valence-electron chi connectivity index (χ3n) is 25.5. The Bertz CT molecular complexity index is 7310. The molecule has 4 aliphatic rings. The number of aryl methyl sites for hydroxylation is 1. The second-order valence-electron chi connectivity index (χ2n) is 33.9. The van der Waals surface area contributed by atoms with Crippen LogP contribution in [0.25, 0.3) is 164 Å². The minimum absolute atomic E-state index is 0.267. The molecule has 1 radical (unpaired) electrons. The lowest BCUT2D eigenvalue weighted by Gasteiger charge is -2.32. The molecule has 0 atom stereocenters. The van der Waals surface area contributed by atoms with Crippen molar-refractivity contribution in [2.75, 3.05) is 26.9 Å². The highest BCUT2D eigenvalue weighted by molar-refractivity contribution is 6.67. The molecule has 0 spiro atoms. The SMILES string of the molecule is CC1(C)OB(c2cc3ccccc3c3c2oc2ccccc23)OC1(C)C.CCOB(OC)c1cc2ccccc2c2c1oc1ccccc12.Cc1ccc2oc3c(O[B]O)cc4ccccc4c3c2c1.c1ccc2c(c1)cc(B(OC1CCCCC1)OC1CCCCC1)c1oc3ccccc3c12.c1ccc2c(c1)cc(B1OCCO1)c1oc3ccccc3c12. The summed E-state index contributed by atoms with van der Waals surface area (Å²) in [4.78, 5) is 0. The molecule has 15 nitrogen and oxygen atoms in total. The number of para-hydroxylation sites is 4. The molecule has 1 N–H and O–H groups in total. The summed E-state index contributed by atoms with van der Waals surface area (Å²) in [5, 5.41) is 31.8. The number of rotatable bonds is 13. The van der Waals surface area contributed by atoms with Crippen molar-refractivity contribution in [3.05, 3.63) is 272 Å². The first-order valence-electron chi connectivity index (χ1n) is 43.6. The molecular weight excluding hydrogens is 1540 g/mol. The monoisotopic (exact) mass is 1640 g/mol. The standard InChI is InChI=1S/C28H31BO3.C22H21BO3.C19H17BO3.C18H13BO3.C17H12BO3/c1-3-12-21(13-4-1)31-29(32-22-14-5-2-6-15-22)25-19-20-11-7-8-16-23(20)27-24-17-9-10-18-26(24)30-28(25)27;1-21(2)22(3,4)26-23(25-21)17-13-14-9-5-6-10-15(14)19-16-11-7-8-12-18(16)24-20(17)19;1-3-22-20(21-2)16-12-13-8-4-5-9-14(13)18-15-10-6-7-11-17(15)23-19(16)18;1-2-6-13-12(5-1)11-15(19-20-9-10-21-19)18-17(13)14-7-3-4-8-16(14)22-18;1-10-6-7-14-13(8-10)16-12-5-3-2-4-11(12)9-15(21-18-19)17(16)20-14/h7-11,16-19,21-22H,1-6,12-15H2;5-13H,1-4H3;4-12H,3H2,1-2H3;1-8,11H,9-10H2;2-9,19H,1H3. The van der Waals surface area contributed by atoms with E-state index in [4.69, 9.17) is 69.0 Å². The average molecular weight is 1640 g/mol. The first kappa shape index (κ1) is 80.8. The molecule has 124 heavy (non-hydrogen) atoms. The maximum absolute atomic E-state index is 8.98. The van der Waals surface area contributed by atoms with Gasteiger partial charge in [-0.3, -0.25) is 0 Å². The first-order chi connectivity index (χ1) is 60.8. The molecule has 7 heterocycles. The Labute approximate surface area is 720 Å². The van der Waals surface area contributed by atoms with Gasteiger partial charge < -0.3 is 69.0 Å². The average Bonchev–Trinajstić information content (AvgIpc) is 1.56. The highest BCUT2D eigenvalue weighted by Gasteiger charge is 2.53. The van der Waals surface area contributed by atoms with Crippen molar-refractivity contribution in [2.45, 2.75) is 129 Å². The minimum Gasteiger partial charge on any atom is -0.535 e. The molecule has 2 saturated heterocycles. The fourth-order valence-electron chi connectivity index (χ4n) is 18.8. The number of hydrogen-bond donors (Lipinski definition) is 1. The zero-order valence-electron chi connectivity index (χ0n) is 70.8. The van der Waals surface area contributed by atoms with Gasteiger partial charge in [0, 0.05) is 102 Å². The van der Waals surface area contributed by atoms with E-state index in [1.165, 1.54) is 81.8 Å². The maximum atomic E-state index is 8.98. The summed E-state index contributed by atoms with van der Waals surface area (Å²) in [6.45, 7) is 14.1. The van der Waals surface area contributed by atoms with Crippen LogP contribution in [0.2, 0.25) is 0 Å². The Morgan fingerprint density at radius 3 is 1.12 bits per heavy atom. The topological polar surface area (TPSA) is 169 Å². The van der Waals surface area contributed by atoms with Crippen molar-refractivity contribution in [2.24, 2.45) is 0 Å². The van der Waals surface area contributed by atoms with Crippen molar-refractivity contribution in [3.63, 3.8) is 0 Å². The molecule has 0 amide bonds. The Hall–Kier alpha value is -11.6. The van der Waals surface area contributed by atoms with Gasteiger partial charge in [-0.05, 0) is 164 Å². The van der Waals surface area contributed by atoms with Gasteiger partial charge in [-0.1, -0.05) is 269 Å². The summed E-state index contributed by atoms with van der Waals surface area (Å²) in [6.07, 6.45) is 12.7. The third-order valence-corrected chi connectivity index (χ3v) is 25.5.